The number of rotatable bonds is 7. The van der Waals surface area contributed by atoms with Crippen molar-refractivity contribution in [2.24, 2.45) is 0 Å². The molecule has 1 aliphatic carbocycles. The Balaban J connectivity index is 1.71. The molecular formula is C27H26F3NO3. The third kappa shape index (κ3) is 5.09. The fourth-order valence-corrected chi connectivity index (χ4v) is 4.50. The van der Waals surface area contributed by atoms with E-state index in [0.29, 0.717) is 28.0 Å². The predicted octanol–water partition coefficient (Wildman–Crippen LogP) is 5.87. The van der Waals surface area contributed by atoms with Gasteiger partial charge in [-0.1, -0.05) is 36.4 Å². The van der Waals surface area contributed by atoms with E-state index in [2.05, 4.69) is 17.4 Å². The van der Waals surface area contributed by atoms with Gasteiger partial charge in [-0.3, -0.25) is 4.79 Å². The van der Waals surface area contributed by atoms with Crippen molar-refractivity contribution < 1.29 is 27.4 Å². The molecule has 0 amide bonds. The van der Waals surface area contributed by atoms with Crippen molar-refractivity contribution in [3.63, 3.8) is 0 Å². The van der Waals surface area contributed by atoms with Gasteiger partial charge in [0.05, 0.1) is 26.2 Å². The van der Waals surface area contributed by atoms with Crippen LogP contribution in [0.4, 0.5) is 13.2 Å². The van der Waals surface area contributed by atoms with Crippen LogP contribution in [0, 0.1) is 0 Å². The largest absolute Gasteiger partial charge is 0.496 e. The molecular weight excluding hydrogens is 443 g/mol. The number of hydrogen-bond donors (Lipinski definition) is 1. The first kappa shape index (κ1) is 23.8. The van der Waals surface area contributed by atoms with Gasteiger partial charge >= 0.3 is 12.1 Å². The van der Waals surface area contributed by atoms with Crippen molar-refractivity contribution in [1.29, 1.82) is 0 Å². The number of benzene rings is 3. The van der Waals surface area contributed by atoms with E-state index in [4.69, 9.17) is 9.47 Å². The highest BCUT2D eigenvalue weighted by Gasteiger charge is 2.31. The first-order valence-electron chi connectivity index (χ1n) is 11.1. The highest BCUT2D eigenvalue weighted by atomic mass is 19.4. The van der Waals surface area contributed by atoms with Crippen LogP contribution in [0.2, 0.25) is 0 Å². The van der Waals surface area contributed by atoms with Gasteiger partial charge in [-0.25, -0.2) is 0 Å². The Kier molecular flexibility index (Phi) is 6.93. The molecule has 0 aliphatic heterocycles. The van der Waals surface area contributed by atoms with Crippen LogP contribution in [-0.2, 0) is 35.1 Å². The number of hydrogen-bond acceptors (Lipinski definition) is 4. The standard InChI is InChI=1S/C27H26F3NO3/c1-33-25-12-7-17(14-26(32)34-2)13-23(25)21-10-9-20(27(28,29)30)15-19(21)16-31-24-11-8-18-5-3-4-6-22(18)24/h3-7,9-10,12-13,15,24,31H,8,11,14,16H2,1-2H3. The predicted molar refractivity (Wildman–Crippen MR) is 123 cm³/mol. The van der Waals surface area contributed by atoms with Crippen LogP contribution in [0.25, 0.3) is 11.1 Å². The van der Waals surface area contributed by atoms with Gasteiger partial charge in [0.2, 0.25) is 0 Å². The molecule has 0 saturated heterocycles. The summed E-state index contributed by atoms with van der Waals surface area (Å²) in [5.41, 5.74) is 4.19. The SMILES string of the molecule is COC(=O)Cc1ccc(OC)c(-c2ccc(C(F)(F)F)cc2CNC2CCc3ccccc32)c1. The zero-order valence-electron chi connectivity index (χ0n) is 19.0. The zero-order valence-corrected chi connectivity index (χ0v) is 19.0. The number of ether oxygens (including phenoxy) is 2. The van der Waals surface area contributed by atoms with Crippen molar-refractivity contribution in [3.8, 4) is 16.9 Å². The van der Waals surface area contributed by atoms with Gasteiger partial charge in [0.25, 0.3) is 0 Å². The number of aryl methyl sites for hydroxylation is 1. The van der Waals surface area contributed by atoms with Crippen molar-refractivity contribution in [2.75, 3.05) is 14.2 Å². The van der Waals surface area contributed by atoms with Gasteiger partial charge in [0.1, 0.15) is 5.75 Å². The number of fused-ring (bicyclic) bond motifs is 1. The van der Waals surface area contributed by atoms with Crippen molar-refractivity contribution in [3.05, 3.63) is 88.5 Å². The van der Waals surface area contributed by atoms with Gasteiger partial charge in [-0.05, 0) is 64.9 Å². The molecule has 1 aliphatic rings. The lowest BCUT2D eigenvalue weighted by Crippen LogP contribution is -2.19. The molecule has 1 N–H and O–H groups in total. The summed E-state index contributed by atoms with van der Waals surface area (Å²) in [5, 5.41) is 3.45. The van der Waals surface area contributed by atoms with Crippen molar-refractivity contribution in [1.82, 2.24) is 5.32 Å². The third-order valence-electron chi connectivity index (χ3n) is 6.23. The number of carbonyl (C=O) groups excluding carboxylic acids is 1. The van der Waals surface area contributed by atoms with Gasteiger partial charge < -0.3 is 14.8 Å². The second-order valence-electron chi connectivity index (χ2n) is 8.33. The highest BCUT2D eigenvalue weighted by Crippen LogP contribution is 2.38. The van der Waals surface area contributed by atoms with Gasteiger partial charge in [0.15, 0.2) is 0 Å². The zero-order chi connectivity index (χ0) is 24.3. The molecule has 178 valence electrons. The number of halogens is 3. The van der Waals surface area contributed by atoms with Crippen LogP contribution in [-0.4, -0.2) is 20.2 Å². The van der Waals surface area contributed by atoms with Crippen LogP contribution in [0.3, 0.4) is 0 Å². The Bertz CT molecular complexity index is 1190. The van der Waals surface area contributed by atoms with Crippen LogP contribution in [0.5, 0.6) is 5.75 Å². The molecule has 0 spiro atoms. The maximum atomic E-state index is 13.5. The number of alkyl halides is 3. The van der Waals surface area contributed by atoms with Gasteiger partial charge in [-0.2, -0.15) is 13.2 Å². The quantitative estimate of drug-likeness (QED) is 0.440. The first-order chi connectivity index (χ1) is 16.3. The summed E-state index contributed by atoms with van der Waals surface area (Å²) in [5.74, 6) is 0.117. The highest BCUT2D eigenvalue weighted by molar-refractivity contribution is 5.77. The minimum Gasteiger partial charge on any atom is -0.496 e. The second kappa shape index (κ2) is 9.89. The topological polar surface area (TPSA) is 47.6 Å². The summed E-state index contributed by atoms with van der Waals surface area (Å²) in [7, 11) is 2.82. The monoisotopic (exact) mass is 469 g/mol. The van der Waals surface area contributed by atoms with E-state index < -0.39 is 17.7 Å². The summed E-state index contributed by atoms with van der Waals surface area (Å²) in [6.45, 7) is 0.253. The molecule has 0 bridgehead atoms. The minimum absolute atomic E-state index is 0.0561. The Morgan fingerprint density at radius 1 is 1.03 bits per heavy atom. The smallest absolute Gasteiger partial charge is 0.416 e. The molecule has 0 aromatic heterocycles. The summed E-state index contributed by atoms with van der Waals surface area (Å²) >= 11 is 0. The summed E-state index contributed by atoms with van der Waals surface area (Å²) in [6.07, 6.45) is -2.57. The molecule has 0 radical (unpaired) electrons. The van der Waals surface area contributed by atoms with Crippen molar-refractivity contribution >= 4 is 5.97 Å². The lowest BCUT2D eigenvalue weighted by atomic mass is 9.94. The van der Waals surface area contributed by atoms with Crippen LogP contribution in [0.1, 0.15) is 40.3 Å². The normalized spacial score (nSPS) is 15.1. The average molecular weight is 470 g/mol. The third-order valence-corrected chi connectivity index (χ3v) is 6.23. The lowest BCUT2D eigenvalue weighted by Gasteiger charge is -2.19. The van der Waals surface area contributed by atoms with Crippen LogP contribution >= 0.6 is 0 Å². The molecule has 1 atom stereocenters. The summed E-state index contributed by atoms with van der Waals surface area (Å²) < 4.78 is 50.9. The Labute approximate surface area is 196 Å². The molecule has 34 heavy (non-hydrogen) atoms. The lowest BCUT2D eigenvalue weighted by molar-refractivity contribution is -0.140. The van der Waals surface area contributed by atoms with Crippen LogP contribution < -0.4 is 10.1 Å². The number of nitrogens with one attached hydrogen (secondary N) is 1. The Morgan fingerprint density at radius 2 is 1.82 bits per heavy atom. The maximum Gasteiger partial charge on any atom is 0.416 e. The van der Waals surface area contributed by atoms with Crippen LogP contribution in [0.15, 0.2) is 60.7 Å². The number of methoxy groups -OCH3 is 2. The molecule has 0 saturated carbocycles. The molecule has 4 nitrogen and oxygen atoms in total. The first-order valence-corrected chi connectivity index (χ1v) is 11.1. The summed E-state index contributed by atoms with van der Waals surface area (Å²) in [4.78, 5) is 11.8. The van der Waals surface area contributed by atoms with E-state index in [1.54, 1.807) is 18.2 Å². The number of esters is 1. The minimum atomic E-state index is -4.45. The summed E-state index contributed by atoms with van der Waals surface area (Å²) in [6, 6.07) is 17.2. The Hall–Kier alpha value is -3.32. The van der Waals surface area contributed by atoms with E-state index in [1.807, 2.05) is 12.1 Å². The number of carbonyl (C=O) groups is 1. The molecule has 0 fully saturated rings. The van der Waals surface area contributed by atoms with E-state index in [-0.39, 0.29) is 19.0 Å². The van der Waals surface area contributed by atoms with E-state index in [1.165, 1.54) is 37.5 Å². The second-order valence-corrected chi connectivity index (χ2v) is 8.33. The van der Waals surface area contributed by atoms with Gasteiger partial charge in [-0.15, -0.1) is 0 Å². The average Bonchev–Trinajstić information content (AvgIpc) is 3.25. The molecule has 7 heteroatoms. The van der Waals surface area contributed by atoms with E-state index >= 15 is 0 Å². The molecule has 0 heterocycles. The molecule has 1 unspecified atom stereocenters. The van der Waals surface area contributed by atoms with E-state index in [0.717, 1.165) is 18.9 Å². The van der Waals surface area contributed by atoms with Crippen molar-refractivity contribution in [2.45, 2.75) is 38.0 Å². The molecule has 3 aromatic carbocycles. The fraction of sp³-hybridized carbons (Fsp3) is 0.296. The Morgan fingerprint density at radius 3 is 2.56 bits per heavy atom. The van der Waals surface area contributed by atoms with E-state index in [9.17, 15) is 18.0 Å². The molecule has 3 aromatic rings. The van der Waals surface area contributed by atoms with Gasteiger partial charge in [0, 0.05) is 18.2 Å². The molecule has 4 rings (SSSR count). The fourth-order valence-electron chi connectivity index (χ4n) is 4.50. The maximum absolute atomic E-state index is 13.5.